The molecule has 0 bridgehead atoms. The van der Waals surface area contributed by atoms with E-state index in [4.69, 9.17) is 9.47 Å². The molecule has 0 spiro atoms. The minimum Gasteiger partial charge on any atom is -0.459 e. The predicted molar refractivity (Wildman–Crippen MR) is 71.7 cm³/mol. The molecule has 0 unspecified atom stereocenters. The Morgan fingerprint density at radius 1 is 1.45 bits per heavy atom. The summed E-state index contributed by atoms with van der Waals surface area (Å²) in [6.07, 6.45) is 3.71. The van der Waals surface area contributed by atoms with Gasteiger partial charge in [-0.15, -0.1) is 0 Å². The van der Waals surface area contributed by atoms with E-state index < -0.39 is 0 Å². The van der Waals surface area contributed by atoms with Crippen LogP contribution >= 0.6 is 0 Å². The number of esters is 1. The third kappa shape index (κ3) is 3.01. The van der Waals surface area contributed by atoms with Crippen LogP contribution in [-0.2, 0) is 20.7 Å². The second-order valence-electron chi connectivity index (χ2n) is 5.73. The lowest BCUT2D eigenvalue weighted by molar-refractivity contribution is -0.154. The largest absolute Gasteiger partial charge is 0.459 e. The van der Waals surface area contributed by atoms with Crippen molar-refractivity contribution >= 4 is 5.97 Å². The third-order valence-electron chi connectivity index (χ3n) is 4.24. The number of ether oxygens (including phenoxy) is 2. The Hall–Kier alpha value is -1.42. The number of hydrogen-bond acceptors (Lipinski definition) is 3. The number of hydrogen-bond donors (Lipinski definition) is 0. The molecule has 1 aromatic carbocycles. The normalized spacial score (nSPS) is 23.6. The first-order valence-corrected chi connectivity index (χ1v) is 7.22. The summed E-state index contributed by atoms with van der Waals surface area (Å²) in [6.45, 7) is 1.48. The first kappa shape index (κ1) is 13.6. The van der Waals surface area contributed by atoms with Crippen molar-refractivity contribution < 1.29 is 18.7 Å². The van der Waals surface area contributed by atoms with Gasteiger partial charge in [0.15, 0.2) is 0 Å². The molecule has 1 saturated carbocycles. The number of benzene rings is 1. The van der Waals surface area contributed by atoms with E-state index in [1.54, 1.807) is 6.07 Å². The summed E-state index contributed by atoms with van der Waals surface area (Å²) in [5, 5.41) is 0. The van der Waals surface area contributed by atoms with Crippen LogP contribution in [0.25, 0.3) is 0 Å². The topological polar surface area (TPSA) is 35.5 Å². The summed E-state index contributed by atoms with van der Waals surface area (Å²) < 4.78 is 24.1. The molecule has 1 atom stereocenters. The average molecular weight is 278 g/mol. The van der Waals surface area contributed by atoms with Crippen LogP contribution in [0.4, 0.5) is 4.39 Å². The lowest BCUT2D eigenvalue weighted by atomic mass is 9.99. The van der Waals surface area contributed by atoms with Crippen molar-refractivity contribution in [1.82, 2.24) is 0 Å². The quantitative estimate of drug-likeness (QED) is 0.777. The van der Waals surface area contributed by atoms with Gasteiger partial charge in [-0.1, -0.05) is 12.1 Å². The van der Waals surface area contributed by atoms with Gasteiger partial charge < -0.3 is 9.47 Å². The molecule has 1 aliphatic heterocycles. The molecule has 20 heavy (non-hydrogen) atoms. The molecule has 1 heterocycles. The molecule has 1 aromatic rings. The van der Waals surface area contributed by atoms with E-state index in [1.807, 2.05) is 6.07 Å². The highest BCUT2D eigenvalue weighted by atomic mass is 19.1. The van der Waals surface area contributed by atoms with Crippen molar-refractivity contribution in [2.45, 2.75) is 37.7 Å². The smallest absolute Gasteiger partial charge is 0.306 e. The molecular weight excluding hydrogens is 259 g/mol. The van der Waals surface area contributed by atoms with Gasteiger partial charge in [-0.25, -0.2) is 4.39 Å². The van der Waals surface area contributed by atoms with Crippen LogP contribution in [-0.4, -0.2) is 24.8 Å². The zero-order valence-corrected chi connectivity index (χ0v) is 11.4. The monoisotopic (exact) mass is 278 g/mol. The van der Waals surface area contributed by atoms with Gasteiger partial charge in [-0.05, 0) is 43.4 Å². The van der Waals surface area contributed by atoms with Crippen LogP contribution in [0.1, 0.15) is 31.2 Å². The van der Waals surface area contributed by atoms with Gasteiger partial charge >= 0.3 is 5.97 Å². The Bertz CT molecular complexity index is 490. The highest BCUT2D eigenvalue weighted by Crippen LogP contribution is 2.49. The molecule has 0 N–H and O–H groups in total. The standard InChI is InChI=1S/C16H19FO3/c17-14-3-1-2-12(10-14)4-5-15(18)20-16(7-8-16)13-6-9-19-11-13/h1-3,10,13H,4-9,11H2/t13-/m1/s1. The molecule has 3 rings (SSSR count). The van der Waals surface area contributed by atoms with Crippen LogP contribution in [0.2, 0.25) is 0 Å². The van der Waals surface area contributed by atoms with Crippen molar-refractivity contribution in [3.8, 4) is 0 Å². The lowest BCUT2D eigenvalue weighted by Gasteiger charge is -2.22. The van der Waals surface area contributed by atoms with Crippen molar-refractivity contribution in [2.24, 2.45) is 5.92 Å². The zero-order valence-electron chi connectivity index (χ0n) is 11.4. The van der Waals surface area contributed by atoms with Crippen molar-refractivity contribution in [2.75, 3.05) is 13.2 Å². The summed E-state index contributed by atoms with van der Waals surface area (Å²) in [4.78, 5) is 12.0. The second-order valence-corrected chi connectivity index (χ2v) is 5.73. The summed E-state index contributed by atoms with van der Waals surface area (Å²) in [6, 6.07) is 6.36. The SMILES string of the molecule is O=C(CCc1cccc(F)c1)OC1([C@@H]2CCOC2)CC1. The average Bonchev–Trinajstić information content (AvgIpc) is 3.00. The molecule has 108 valence electrons. The van der Waals surface area contributed by atoms with E-state index in [-0.39, 0.29) is 17.4 Å². The van der Waals surface area contributed by atoms with E-state index in [0.717, 1.165) is 31.4 Å². The van der Waals surface area contributed by atoms with Gasteiger partial charge in [0.25, 0.3) is 0 Å². The van der Waals surface area contributed by atoms with Gasteiger partial charge in [0, 0.05) is 18.9 Å². The van der Waals surface area contributed by atoms with Crippen molar-refractivity contribution in [3.63, 3.8) is 0 Å². The maximum atomic E-state index is 13.0. The predicted octanol–water partition coefficient (Wildman–Crippen LogP) is 2.87. The Labute approximate surface area is 118 Å². The summed E-state index contributed by atoms with van der Waals surface area (Å²) in [7, 11) is 0. The highest BCUT2D eigenvalue weighted by molar-refractivity contribution is 5.70. The Kier molecular flexibility index (Phi) is 3.74. The molecule has 0 amide bonds. The molecule has 1 aliphatic carbocycles. The van der Waals surface area contributed by atoms with Crippen LogP contribution in [0.15, 0.2) is 24.3 Å². The fraction of sp³-hybridized carbons (Fsp3) is 0.562. The molecule has 2 aliphatic rings. The summed E-state index contributed by atoms with van der Waals surface area (Å²) in [5.41, 5.74) is 0.575. The zero-order chi connectivity index (χ0) is 14.0. The fourth-order valence-corrected chi connectivity index (χ4v) is 2.88. The fourth-order valence-electron chi connectivity index (χ4n) is 2.88. The number of carbonyl (C=O) groups excluding carboxylic acids is 1. The van der Waals surface area contributed by atoms with Crippen LogP contribution in [0, 0.1) is 11.7 Å². The lowest BCUT2D eigenvalue weighted by Crippen LogP contribution is -2.29. The molecule has 0 radical (unpaired) electrons. The molecule has 1 saturated heterocycles. The Balaban J connectivity index is 1.50. The van der Waals surface area contributed by atoms with Crippen molar-refractivity contribution in [1.29, 1.82) is 0 Å². The van der Waals surface area contributed by atoms with Gasteiger partial charge in [-0.2, -0.15) is 0 Å². The van der Waals surface area contributed by atoms with Gasteiger partial charge in [0.05, 0.1) is 6.61 Å². The second kappa shape index (κ2) is 5.52. The summed E-state index contributed by atoms with van der Waals surface area (Å²) >= 11 is 0. The molecule has 4 heteroatoms. The summed E-state index contributed by atoms with van der Waals surface area (Å²) in [5.74, 6) is -0.0862. The van der Waals surface area contributed by atoms with Crippen molar-refractivity contribution in [3.05, 3.63) is 35.6 Å². The molecule has 2 fully saturated rings. The first-order valence-electron chi connectivity index (χ1n) is 7.22. The van der Waals surface area contributed by atoms with E-state index in [1.165, 1.54) is 12.1 Å². The number of rotatable bonds is 5. The minimum atomic E-state index is -0.266. The molecule has 3 nitrogen and oxygen atoms in total. The van der Waals surface area contributed by atoms with E-state index in [2.05, 4.69) is 0 Å². The first-order chi connectivity index (χ1) is 9.68. The maximum Gasteiger partial charge on any atom is 0.306 e. The number of carbonyl (C=O) groups is 1. The van der Waals surface area contributed by atoms with E-state index in [9.17, 15) is 9.18 Å². The van der Waals surface area contributed by atoms with Crippen LogP contribution in [0.5, 0.6) is 0 Å². The highest BCUT2D eigenvalue weighted by Gasteiger charge is 2.53. The van der Waals surface area contributed by atoms with Gasteiger partial charge in [0.1, 0.15) is 11.4 Å². The van der Waals surface area contributed by atoms with Gasteiger partial charge in [0.2, 0.25) is 0 Å². The minimum absolute atomic E-state index is 0.182. The van der Waals surface area contributed by atoms with Gasteiger partial charge in [-0.3, -0.25) is 4.79 Å². The van der Waals surface area contributed by atoms with E-state index >= 15 is 0 Å². The van der Waals surface area contributed by atoms with Crippen LogP contribution < -0.4 is 0 Å². The molecule has 0 aromatic heterocycles. The Morgan fingerprint density at radius 2 is 2.30 bits per heavy atom. The van der Waals surface area contributed by atoms with Crippen LogP contribution in [0.3, 0.4) is 0 Å². The van der Waals surface area contributed by atoms with E-state index in [0.29, 0.717) is 25.4 Å². The third-order valence-corrected chi connectivity index (χ3v) is 4.24. The maximum absolute atomic E-state index is 13.0. The number of aryl methyl sites for hydroxylation is 1. The number of halogens is 1. The molecular formula is C16H19FO3. The Morgan fingerprint density at radius 3 is 2.95 bits per heavy atom.